The zero-order chi connectivity index (χ0) is 23.1. The van der Waals surface area contributed by atoms with Gasteiger partial charge in [0.25, 0.3) is 0 Å². The topological polar surface area (TPSA) is 125 Å². The minimum Gasteiger partial charge on any atom is -0.479 e. The Morgan fingerprint density at radius 2 is 1.59 bits per heavy atom. The van der Waals surface area contributed by atoms with Crippen molar-refractivity contribution < 1.29 is 29.3 Å². The van der Waals surface area contributed by atoms with E-state index in [1.54, 1.807) is 0 Å². The number of rotatable bonds is 10. The molecule has 0 heterocycles. The van der Waals surface area contributed by atoms with Crippen molar-refractivity contribution in [3.63, 3.8) is 0 Å². The van der Waals surface area contributed by atoms with Crippen molar-refractivity contribution in [2.24, 2.45) is 0 Å². The van der Waals surface area contributed by atoms with E-state index in [-0.39, 0.29) is 25.5 Å². The number of nitrogens with one attached hydrogen (secondary N) is 2. The molecule has 8 nitrogen and oxygen atoms in total. The van der Waals surface area contributed by atoms with Gasteiger partial charge in [-0.25, -0.2) is 9.59 Å². The van der Waals surface area contributed by atoms with Crippen molar-refractivity contribution in [3.05, 3.63) is 59.7 Å². The molecular formula is C24H28N2O6. The first kappa shape index (κ1) is 23.3. The first-order valence-corrected chi connectivity index (χ1v) is 10.7. The number of hydrogen-bond acceptors (Lipinski definition) is 5. The fraction of sp³-hybridized carbons (Fsp3) is 0.375. The molecule has 1 aliphatic rings. The highest BCUT2D eigenvalue weighted by Gasteiger charge is 2.29. The molecule has 2 aromatic rings. The van der Waals surface area contributed by atoms with Crippen LogP contribution in [0.4, 0.5) is 4.79 Å². The number of carbonyl (C=O) groups excluding carboxylic acids is 2. The van der Waals surface area contributed by atoms with Gasteiger partial charge in [-0.1, -0.05) is 61.9 Å². The van der Waals surface area contributed by atoms with Crippen LogP contribution in [-0.2, 0) is 14.3 Å². The third-order valence-corrected chi connectivity index (χ3v) is 5.53. The predicted molar refractivity (Wildman–Crippen MR) is 118 cm³/mol. The molecule has 4 N–H and O–H groups in total. The van der Waals surface area contributed by atoms with Crippen LogP contribution in [0.1, 0.15) is 43.2 Å². The molecule has 0 aromatic heterocycles. The quantitative estimate of drug-likeness (QED) is 0.450. The number of aliphatic carboxylic acids is 1. The fourth-order valence-electron chi connectivity index (χ4n) is 3.92. The molecule has 0 radical (unpaired) electrons. The van der Waals surface area contributed by atoms with Crippen LogP contribution < -0.4 is 10.6 Å². The Bertz CT molecular complexity index is 931. The number of ether oxygens (including phenoxy) is 1. The summed E-state index contributed by atoms with van der Waals surface area (Å²) in [6.45, 7) is 2.01. The molecule has 32 heavy (non-hydrogen) atoms. The standard InChI is InChI=1S/C24H28N2O6/c1-2-7-20(22(28)25-13-12-21(27)23(29)30)26-24(31)32-14-19-17-10-5-3-8-15(17)16-9-4-6-11-18(16)19/h3-6,8-11,19-21,27H,2,7,12-14H2,1H3,(H,25,28)(H,26,31)(H,29,30)/t20?,21-/m0/s1. The average Bonchev–Trinajstić information content (AvgIpc) is 3.11. The predicted octanol–water partition coefficient (Wildman–Crippen LogP) is 2.65. The highest BCUT2D eigenvalue weighted by Crippen LogP contribution is 2.44. The first-order valence-electron chi connectivity index (χ1n) is 10.7. The number of amides is 2. The van der Waals surface area contributed by atoms with E-state index in [0.29, 0.717) is 12.8 Å². The second-order valence-corrected chi connectivity index (χ2v) is 7.74. The summed E-state index contributed by atoms with van der Waals surface area (Å²) < 4.78 is 5.49. The SMILES string of the molecule is CCCC(NC(=O)OCC1c2ccccc2-c2ccccc21)C(=O)NCC[C@H](O)C(=O)O. The van der Waals surface area contributed by atoms with Crippen LogP contribution in [0.15, 0.2) is 48.5 Å². The lowest BCUT2D eigenvalue weighted by Gasteiger charge is -2.19. The van der Waals surface area contributed by atoms with Crippen LogP contribution in [0.5, 0.6) is 0 Å². The second kappa shape index (κ2) is 10.8. The smallest absolute Gasteiger partial charge is 0.407 e. The zero-order valence-electron chi connectivity index (χ0n) is 17.9. The lowest BCUT2D eigenvalue weighted by atomic mass is 9.98. The van der Waals surface area contributed by atoms with Gasteiger partial charge in [-0.3, -0.25) is 4.79 Å². The lowest BCUT2D eigenvalue weighted by molar-refractivity contribution is -0.147. The Labute approximate surface area is 186 Å². The zero-order valence-corrected chi connectivity index (χ0v) is 17.9. The van der Waals surface area contributed by atoms with E-state index in [9.17, 15) is 19.5 Å². The maximum absolute atomic E-state index is 12.5. The molecule has 0 saturated heterocycles. The Hall–Kier alpha value is -3.39. The number of carbonyl (C=O) groups is 3. The molecule has 0 spiro atoms. The Kier molecular flexibility index (Phi) is 7.83. The minimum atomic E-state index is -1.55. The highest BCUT2D eigenvalue weighted by molar-refractivity contribution is 5.85. The maximum Gasteiger partial charge on any atom is 0.407 e. The van der Waals surface area contributed by atoms with Gasteiger partial charge in [0.2, 0.25) is 5.91 Å². The van der Waals surface area contributed by atoms with Crippen LogP contribution in [-0.4, -0.2) is 53.5 Å². The van der Waals surface area contributed by atoms with Crippen LogP contribution in [0.2, 0.25) is 0 Å². The molecule has 1 unspecified atom stereocenters. The van der Waals surface area contributed by atoms with Gasteiger partial charge in [-0.05, 0) is 28.7 Å². The summed E-state index contributed by atoms with van der Waals surface area (Å²) in [4.78, 5) is 35.5. The van der Waals surface area contributed by atoms with Gasteiger partial charge in [-0.2, -0.15) is 0 Å². The van der Waals surface area contributed by atoms with E-state index in [1.165, 1.54) is 0 Å². The van der Waals surface area contributed by atoms with Crippen LogP contribution in [0.3, 0.4) is 0 Å². The number of alkyl carbamates (subject to hydrolysis) is 1. The summed E-state index contributed by atoms with van der Waals surface area (Å²) in [5.74, 6) is -1.87. The highest BCUT2D eigenvalue weighted by atomic mass is 16.5. The Balaban J connectivity index is 1.57. The van der Waals surface area contributed by atoms with E-state index >= 15 is 0 Å². The Morgan fingerprint density at radius 3 is 2.16 bits per heavy atom. The summed E-state index contributed by atoms with van der Waals surface area (Å²) >= 11 is 0. The number of aliphatic hydroxyl groups excluding tert-OH is 1. The van der Waals surface area contributed by atoms with Gasteiger partial charge < -0.3 is 25.6 Å². The number of hydrogen-bond donors (Lipinski definition) is 4. The van der Waals surface area contributed by atoms with Crippen molar-refractivity contribution in [1.82, 2.24) is 10.6 Å². The number of carboxylic acid groups (broad SMARTS) is 1. The summed E-state index contributed by atoms with van der Waals surface area (Å²) in [5, 5.41) is 23.1. The van der Waals surface area contributed by atoms with E-state index in [4.69, 9.17) is 9.84 Å². The third-order valence-electron chi connectivity index (χ3n) is 5.53. The normalized spacial score (nSPS) is 14.1. The van der Waals surface area contributed by atoms with E-state index < -0.39 is 30.1 Å². The maximum atomic E-state index is 12.5. The second-order valence-electron chi connectivity index (χ2n) is 7.74. The molecule has 3 rings (SSSR count). The minimum absolute atomic E-state index is 0.0150. The van der Waals surface area contributed by atoms with Gasteiger partial charge in [0.1, 0.15) is 12.6 Å². The molecule has 170 valence electrons. The molecule has 2 atom stereocenters. The number of aliphatic hydroxyl groups is 1. The molecule has 2 amide bonds. The fourth-order valence-corrected chi connectivity index (χ4v) is 3.92. The summed E-state index contributed by atoms with van der Waals surface area (Å²) in [6, 6.07) is 15.2. The van der Waals surface area contributed by atoms with Gasteiger partial charge in [0.05, 0.1) is 0 Å². The lowest BCUT2D eigenvalue weighted by Crippen LogP contribution is -2.47. The number of fused-ring (bicyclic) bond motifs is 3. The van der Waals surface area contributed by atoms with Crippen LogP contribution >= 0.6 is 0 Å². The molecule has 1 aliphatic carbocycles. The molecule has 0 aliphatic heterocycles. The van der Waals surface area contributed by atoms with E-state index in [2.05, 4.69) is 22.8 Å². The molecule has 0 bridgehead atoms. The van der Waals surface area contributed by atoms with Crippen molar-refractivity contribution in [1.29, 1.82) is 0 Å². The largest absolute Gasteiger partial charge is 0.479 e. The monoisotopic (exact) mass is 440 g/mol. The first-order chi connectivity index (χ1) is 15.4. The molecule has 0 fully saturated rings. The molecular weight excluding hydrogens is 412 g/mol. The summed E-state index contributed by atoms with van der Waals surface area (Å²) in [6.07, 6.45) is -1.30. The summed E-state index contributed by atoms with van der Waals surface area (Å²) in [7, 11) is 0. The van der Waals surface area contributed by atoms with Crippen molar-refractivity contribution >= 4 is 18.0 Å². The Morgan fingerprint density at radius 1 is 1.00 bits per heavy atom. The number of carboxylic acids is 1. The van der Waals surface area contributed by atoms with Crippen LogP contribution in [0, 0.1) is 0 Å². The van der Waals surface area contributed by atoms with Crippen LogP contribution in [0.25, 0.3) is 11.1 Å². The van der Waals surface area contributed by atoms with Gasteiger partial charge >= 0.3 is 12.1 Å². The third kappa shape index (κ3) is 5.45. The van der Waals surface area contributed by atoms with Gasteiger partial charge in [-0.15, -0.1) is 0 Å². The number of benzene rings is 2. The van der Waals surface area contributed by atoms with Crippen molar-refractivity contribution in [2.45, 2.75) is 44.2 Å². The van der Waals surface area contributed by atoms with Crippen molar-refractivity contribution in [2.75, 3.05) is 13.2 Å². The summed E-state index contributed by atoms with van der Waals surface area (Å²) in [5.41, 5.74) is 4.45. The van der Waals surface area contributed by atoms with Gasteiger partial charge in [0, 0.05) is 18.9 Å². The molecule has 2 aromatic carbocycles. The average molecular weight is 440 g/mol. The van der Waals surface area contributed by atoms with E-state index in [0.717, 1.165) is 22.3 Å². The molecule has 8 heteroatoms. The van der Waals surface area contributed by atoms with Gasteiger partial charge in [0.15, 0.2) is 6.10 Å². The molecule has 0 saturated carbocycles. The van der Waals surface area contributed by atoms with E-state index in [1.807, 2.05) is 43.3 Å². The van der Waals surface area contributed by atoms with Crippen molar-refractivity contribution in [3.8, 4) is 11.1 Å².